The van der Waals surface area contributed by atoms with Gasteiger partial charge in [-0.1, -0.05) is 19.1 Å². The fraction of sp³-hybridized carbons (Fsp3) is 0.538. The Kier molecular flexibility index (Phi) is 5.29. The van der Waals surface area contributed by atoms with E-state index in [4.69, 9.17) is 5.11 Å². The average molecular weight is 222 g/mol. The van der Waals surface area contributed by atoms with E-state index in [2.05, 4.69) is 41.4 Å². The molecule has 0 aromatic heterocycles. The van der Waals surface area contributed by atoms with Crippen molar-refractivity contribution in [2.24, 2.45) is 0 Å². The van der Waals surface area contributed by atoms with Gasteiger partial charge in [0.15, 0.2) is 0 Å². The molecule has 3 heteroatoms. The molecule has 0 aliphatic rings. The van der Waals surface area contributed by atoms with Gasteiger partial charge in [-0.3, -0.25) is 0 Å². The number of hydrogen-bond donors (Lipinski definition) is 2. The number of aliphatic hydroxyl groups excluding tert-OH is 1. The Morgan fingerprint density at radius 1 is 1.25 bits per heavy atom. The maximum Gasteiger partial charge on any atom is 0.0556 e. The first-order valence-corrected chi connectivity index (χ1v) is 5.80. The van der Waals surface area contributed by atoms with Crippen molar-refractivity contribution in [3.8, 4) is 0 Å². The van der Waals surface area contributed by atoms with E-state index in [1.165, 1.54) is 11.3 Å². The molecule has 1 unspecified atom stereocenters. The zero-order chi connectivity index (χ0) is 12.0. The predicted octanol–water partition coefficient (Wildman–Crippen LogP) is 1.79. The first kappa shape index (κ1) is 13.0. The lowest BCUT2D eigenvalue weighted by Crippen LogP contribution is -2.24. The molecule has 0 aliphatic heterocycles. The number of nitrogens with one attached hydrogen (secondary N) is 1. The highest BCUT2D eigenvalue weighted by Gasteiger charge is 2.07. The molecule has 3 nitrogen and oxygen atoms in total. The van der Waals surface area contributed by atoms with Crippen LogP contribution in [0.3, 0.4) is 0 Å². The Morgan fingerprint density at radius 3 is 2.31 bits per heavy atom. The van der Waals surface area contributed by atoms with Gasteiger partial charge < -0.3 is 15.3 Å². The first-order valence-electron chi connectivity index (χ1n) is 5.80. The lowest BCUT2D eigenvalue weighted by molar-refractivity contribution is 0.283. The minimum Gasteiger partial charge on any atom is -0.395 e. The Labute approximate surface area is 98.1 Å². The fourth-order valence-electron chi connectivity index (χ4n) is 1.74. The summed E-state index contributed by atoms with van der Waals surface area (Å²) in [6.45, 7) is 2.98. The van der Waals surface area contributed by atoms with Crippen molar-refractivity contribution in [2.75, 3.05) is 32.1 Å². The highest BCUT2D eigenvalue weighted by atomic mass is 16.3. The van der Waals surface area contributed by atoms with Crippen molar-refractivity contribution in [1.82, 2.24) is 5.32 Å². The molecule has 0 saturated heterocycles. The summed E-state index contributed by atoms with van der Waals surface area (Å²) in [6, 6.07) is 8.88. The van der Waals surface area contributed by atoms with E-state index in [1.54, 1.807) is 0 Å². The second-order valence-corrected chi connectivity index (χ2v) is 4.12. The van der Waals surface area contributed by atoms with E-state index in [9.17, 15) is 0 Å². The lowest BCUT2D eigenvalue weighted by Gasteiger charge is -2.18. The van der Waals surface area contributed by atoms with Gasteiger partial charge in [0.2, 0.25) is 0 Å². The molecule has 2 N–H and O–H groups in total. The molecule has 16 heavy (non-hydrogen) atoms. The topological polar surface area (TPSA) is 35.5 Å². The minimum atomic E-state index is 0.187. The smallest absolute Gasteiger partial charge is 0.0556 e. The van der Waals surface area contributed by atoms with Crippen LogP contribution >= 0.6 is 0 Å². The first-order chi connectivity index (χ1) is 7.69. The van der Waals surface area contributed by atoms with Gasteiger partial charge in [0.1, 0.15) is 0 Å². The number of hydrogen-bond acceptors (Lipinski definition) is 3. The van der Waals surface area contributed by atoms with E-state index in [1.807, 2.05) is 14.1 Å². The molecular formula is C13H22N2O. The van der Waals surface area contributed by atoms with Crippen LogP contribution in [0.25, 0.3) is 0 Å². The number of aliphatic hydroxyl groups is 1. The standard InChI is InChI=1S/C13H22N2O/c1-4-13(14-9-10-16)11-5-7-12(8-6-11)15(2)3/h5-8,13-14,16H,4,9-10H2,1-3H3. The molecule has 1 aromatic carbocycles. The van der Waals surface area contributed by atoms with Crippen molar-refractivity contribution < 1.29 is 5.11 Å². The maximum absolute atomic E-state index is 8.81. The summed E-state index contributed by atoms with van der Waals surface area (Å²) in [5.74, 6) is 0. The Hall–Kier alpha value is -1.06. The van der Waals surface area contributed by atoms with E-state index >= 15 is 0 Å². The molecule has 0 saturated carbocycles. The van der Waals surface area contributed by atoms with Gasteiger partial charge in [-0.25, -0.2) is 0 Å². The Morgan fingerprint density at radius 2 is 1.88 bits per heavy atom. The van der Waals surface area contributed by atoms with E-state index < -0.39 is 0 Å². The van der Waals surface area contributed by atoms with Crippen LogP contribution in [-0.2, 0) is 0 Å². The fourth-order valence-corrected chi connectivity index (χ4v) is 1.74. The van der Waals surface area contributed by atoms with Crippen LogP contribution in [0.2, 0.25) is 0 Å². The van der Waals surface area contributed by atoms with Crippen molar-refractivity contribution in [2.45, 2.75) is 19.4 Å². The number of rotatable bonds is 6. The number of anilines is 1. The van der Waals surface area contributed by atoms with Gasteiger partial charge in [-0.05, 0) is 24.1 Å². The highest BCUT2D eigenvalue weighted by molar-refractivity contribution is 5.46. The molecule has 0 amide bonds. The maximum atomic E-state index is 8.81. The van der Waals surface area contributed by atoms with Crippen LogP contribution in [0.1, 0.15) is 24.9 Å². The molecule has 0 aliphatic carbocycles. The van der Waals surface area contributed by atoms with Crippen LogP contribution in [-0.4, -0.2) is 32.4 Å². The van der Waals surface area contributed by atoms with Gasteiger partial charge in [0.05, 0.1) is 6.61 Å². The van der Waals surface area contributed by atoms with Crippen LogP contribution in [0, 0.1) is 0 Å². The highest BCUT2D eigenvalue weighted by Crippen LogP contribution is 2.19. The molecule has 0 spiro atoms. The van der Waals surface area contributed by atoms with Crippen LogP contribution in [0.5, 0.6) is 0 Å². The molecule has 1 aromatic rings. The van der Waals surface area contributed by atoms with Crippen molar-refractivity contribution in [1.29, 1.82) is 0 Å². The van der Waals surface area contributed by atoms with Gasteiger partial charge in [-0.2, -0.15) is 0 Å². The molecular weight excluding hydrogens is 200 g/mol. The quantitative estimate of drug-likeness (QED) is 0.770. The molecule has 0 fully saturated rings. The van der Waals surface area contributed by atoms with Crippen LogP contribution in [0.4, 0.5) is 5.69 Å². The number of nitrogens with zero attached hydrogens (tertiary/aromatic N) is 1. The van der Waals surface area contributed by atoms with E-state index in [-0.39, 0.29) is 6.61 Å². The van der Waals surface area contributed by atoms with Crippen molar-refractivity contribution in [3.63, 3.8) is 0 Å². The summed E-state index contributed by atoms with van der Waals surface area (Å²) in [4.78, 5) is 2.09. The second-order valence-electron chi connectivity index (χ2n) is 4.12. The zero-order valence-corrected chi connectivity index (χ0v) is 10.4. The summed E-state index contributed by atoms with van der Waals surface area (Å²) >= 11 is 0. The van der Waals surface area contributed by atoms with E-state index in [0.29, 0.717) is 12.6 Å². The SMILES string of the molecule is CCC(NCCO)c1ccc(N(C)C)cc1. The Balaban J connectivity index is 2.70. The van der Waals surface area contributed by atoms with E-state index in [0.717, 1.165) is 6.42 Å². The van der Waals surface area contributed by atoms with Crippen LogP contribution in [0.15, 0.2) is 24.3 Å². The van der Waals surface area contributed by atoms with Gasteiger partial charge in [0.25, 0.3) is 0 Å². The largest absolute Gasteiger partial charge is 0.395 e. The summed E-state index contributed by atoms with van der Waals surface area (Å²) in [5, 5.41) is 12.1. The third-order valence-corrected chi connectivity index (χ3v) is 2.72. The Bertz CT molecular complexity index is 295. The zero-order valence-electron chi connectivity index (χ0n) is 10.4. The average Bonchev–Trinajstić information content (AvgIpc) is 2.30. The molecule has 1 atom stereocenters. The van der Waals surface area contributed by atoms with Crippen molar-refractivity contribution in [3.05, 3.63) is 29.8 Å². The molecule has 0 bridgehead atoms. The molecule has 90 valence electrons. The van der Waals surface area contributed by atoms with Gasteiger partial charge in [0, 0.05) is 32.4 Å². The minimum absolute atomic E-state index is 0.187. The summed E-state index contributed by atoms with van der Waals surface area (Å²) in [6.07, 6.45) is 1.03. The van der Waals surface area contributed by atoms with Crippen LogP contribution < -0.4 is 10.2 Å². The predicted molar refractivity (Wildman–Crippen MR) is 68.9 cm³/mol. The summed E-state index contributed by atoms with van der Waals surface area (Å²) in [7, 11) is 4.08. The number of benzene rings is 1. The van der Waals surface area contributed by atoms with Gasteiger partial charge in [-0.15, -0.1) is 0 Å². The normalized spacial score (nSPS) is 12.5. The van der Waals surface area contributed by atoms with Crippen molar-refractivity contribution >= 4 is 5.69 Å². The summed E-state index contributed by atoms with van der Waals surface area (Å²) in [5.41, 5.74) is 2.49. The third kappa shape index (κ3) is 3.51. The summed E-state index contributed by atoms with van der Waals surface area (Å²) < 4.78 is 0. The third-order valence-electron chi connectivity index (χ3n) is 2.72. The molecule has 0 heterocycles. The monoisotopic (exact) mass is 222 g/mol. The lowest BCUT2D eigenvalue weighted by atomic mass is 10.0. The molecule has 1 rings (SSSR count). The second kappa shape index (κ2) is 6.51. The van der Waals surface area contributed by atoms with Gasteiger partial charge >= 0.3 is 0 Å². The molecule has 0 radical (unpaired) electrons.